The van der Waals surface area contributed by atoms with Crippen molar-refractivity contribution >= 4 is 12.0 Å². The summed E-state index contributed by atoms with van der Waals surface area (Å²) in [6.45, 7) is -0.648. The molecule has 0 N–H and O–H groups in total. The number of aromatic nitrogens is 2. The molecule has 2 aliphatic heterocycles. The van der Waals surface area contributed by atoms with E-state index in [-0.39, 0.29) is 32.5 Å². The fourth-order valence-electron chi connectivity index (χ4n) is 4.23. The zero-order valence-electron chi connectivity index (χ0n) is 17.1. The van der Waals surface area contributed by atoms with E-state index in [4.69, 9.17) is 0 Å². The molecule has 3 rings (SSSR count). The van der Waals surface area contributed by atoms with E-state index < -0.39 is 53.4 Å². The average Bonchev–Trinajstić information content (AvgIpc) is 3.12. The minimum Gasteiger partial charge on any atom is -0.426 e. The largest absolute Gasteiger partial charge is 0.434 e. The number of likely N-dealkylation sites (tertiary alicyclic amines) is 2. The normalized spacial score (nSPS) is 19.1. The predicted octanol–water partition coefficient (Wildman–Crippen LogP) is 4.20. The van der Waals surface area contributed by atoms with Crippen molar-refractivity contribution < 1.29 is 53.8 Å². The number of nitrogens with zero attached hydrogens (tertiary/aromatic N) is 4. The van der Waals surface area contributed by atoms with Crippen molar-refractivity contribution in [3.63, 3.8) is 0 Å². The van der Waals surface area contributed by atoms with Crippen molar-refractivity contribution in [1.29, 1.82) is 0 Å². The highest BCUT2D eigenvalue weighted by atomic mass is 19.4. The van der Waals surface area contributed by atoms with Gasteiger partial charge in [-0.15, -0.1) is 0 Å². The topological polar surface area (TPSA) is 75.6 Å². The molecule has 2 aliphatic rings. The van der Waals surface area contributed by atoms with E-state index in [0.717, 1.165) is 6.20 Å². The molecule has 2 fully saturated rings. The lowest BCUT2D eigenvalue weighted by Gasteiger charge is -2.45. The monoisotopic (exact) mass is 508 g/mol. The predicted molar refractivity (Wildman–Crippen MR) is 93.2 cm³/mol. The van der Waals surface area contributed by atoms with E-state index in [1.807, 2.05) is 0 Å². The molecular formula is C18H17F9N4O3. The molecule has 34 heavy (non-hydrogen) atoms. The molecule has 3 heterocycles. The van der Waals surface area contributed by atoms with Gasteiger partial charge in [-0.25, -0.2) is 14.8 Å². The average molecular weight is 508 g/mol. The van der Waals surface area contributed by atoms with Crippen LogP contribution in [0.2, 0.25) is 0 Å². The number of carbonyl (C=O) groups excluding carboxylic acids is 2. The van der Waals surface area contributed by atoms with Gasteiger partial charge < -0.3 is 14.5 Å². The summed E-state index contributed by atoms with van der Waals surface area (Å²) in [6.07, 6.45) is -20.9. The van der Waals surface area contributed by atoms with Crippen LogP contribution in [0.5, 0.6) is 0 Å². The molecule has 16 heteroatoms. The minimum atomic E-state index is -5.87. The minimum absolute atomic E-state index is 0.0691. The van der Waals surface area contributed by atoms with Crippen molar-refractivity contribution in [3.05, 3.63) is 23.8 Å². The van der Waals surface area contributed by atoms with Gasteiger partial charge in [-0.05, 0) is 25.7 Å². The van der Waals surface area contributed by atoms with E-state index in [2.05, 4.69) is 14.7 Å². The maximum Gasteiger partial charge on any atom is 0.434 e. The maximum atomic E-state index is 13.3. The number of hydrogen-bond acceptors (Lipinski definition) is 5. The Morgan fingerprint density at radius 1 is 0.941 bits per heavy atom. The van der Waals surface area contributed by atoms with Crippen LogP contribution in [0.25, 0.3) is 0 Å². The Labute approximate surface area is 185 Å². The van der Waals surface area contributed by atoms with E-state index in [1.54, 1.807) is 0 Å². The quantitative estimate of drug-likeness (QED) is 0.560. The van der Waals surface area contributed by atoms with Crippen LogP contribution in [0.15, 0.2) is 12.5 Å². The number of halogens is 9. The Bertz CT molecular complexity index is 910. The van der Waals surface area contributed by atoms with Gasteiger partial charge in [0.1, 0.15) is 6.33 Å². The van der Waals surface area contributed by atoms with Crippen molar-refractivity contribution in [2.45, 2.75) is 55.9 Å². The summed E-state index contributed by atoms with van der Waals surface area (Å²) < 4.78 is 119. The fraction of sp³-hybridized carbons (Fsp3) is 0.667. The lowest BCUT2D eigenvalue weighted by Crippen LogP contribution is -2.56. The molecule has 0 radical (unpaired) electrons. The van der Waals surface area contributed by atoms with Gasteiger partial charge in [0.05, 0.1) is 5.56 Å². The molecule has 1 aromatic rings. The van der Waals surface area contributed by atoms with Gasteiger partial charge in [0.2, 0.25) is 0 Å². The first-order valence-electron chi connectivity index (χ1n) is 9.84. The van der Waals surface area contributed by atoms with E-state index in [1.165, 1.54) is 4.90 Å². The Morgan fingerprint density at radius 2 is 1.53 bits per heavy atom. The van der Waals surface area contributed by atoms with Gasteiger partial charge >= 0.3 is 24.6 Å². The summed E-state index contributed by atoms with van der Waals surface area (Å²) in [5.41, 5.74) is -3.24. The highest BCUT2D eigenvalue weighted by molar-refractivity contribution is 5.96. The summed E-state index contributed by atoms with van der Waals surface area (Å²) in [6, 6.07) is 0. The molecule has 2 amide bonds. The van der Waals surface area contributed by atoms with Crippen molar-refractivity contribution in [3.8, 4) is 0 Å². The molecule has 1 spiro atoms. The molecule has 0 aromatic carbocycles. The SMILES string of the molecule is O=C(OC(C(F)(F)F)C(F)(F)F)N1CCC2(CCCN2C(=O)c2cncnc2C(F)(F)F)CC1. The van der Waals surface area contributed by atoms with Crippen molar-refractivity contribution in [1.82, 2.24) is 19.8 Å². The van der Waals surface area contributed by atoms with Crippen LogP contribution in [0.1, 0.15) is 41.7 Å². The van der Waals surface area contributed by atoms with Crippen LogP contribution in [0.4, 0.5) is 44.3 Å². The van der Waals surface area contributed by atoms with Crippen LogP contribution in [0.3, 0.4) is 0 Å². The number of amides is 2. The van der Waals surface area contributed by atoms with Crippen LogP contribution < -0.4 is 0 Å². The second-order valence-electron chi connectivity index (χ2n) is 7.90. The number of carbonyl (C=O) groups is 2. The fourth-order valence-corrected chi connectivity index (χ4v) is 4.23. The van der Waals surface area contributed by atoms with Gasteiger partial charge in [-0.1, -0.05) is 0 Å². The second kappa shape index (κ2) is 8.76. The van der Waals surface area contributed by atoms with E-state index in [0.29, 0.717) is 24.1 Å². The summed E-state index contributed by atoms with van der Waals surface area (Å²) in [7, 11) is 0. The third-order valence-electron chi connectivity index (χ3n) is 5.82. The van der Waals surface area contributed by atoms with Gasteiger partial charge in [0, 0.05) is 31.4 Å². The lowest BCUT2D eigenvalue weighted by molar-refractivity contribution is -0.308. The first kappa shape index (κ1) is 25.8. The first-order chi connectivity index (χ1) is 15.6. The summed E-state index contributed by atoms with van der Waals surface area (Å²) in [4.78, 5) is 33.4. The van der Waals surface area contributed by atoms with Gasteiger partial charge in [0.25, 0.3) is 12.0 Å². The van der Waals surface area contributed by atoms with Crippen LogP contribution >= 0.6 is 0 Å². The molecule has 190 valence electrons. The van der Waals surface area contributed by atoms with Gasteiger partial charge in [0.15, 0.2) is 5.69 Å². The maximum absolute atomic E-state index is 13.3. The summed E-state index contributed by atoms with van der Waals surface area (Å²) >= 11 is 0. The number of rotatable bonds is 2. The van der Waals surface area contributed by atoms with Crippen molar-refractivity contribution in [2.24, 2.45) is 0 Å². The zero-order valence-corrected chi connectivity index (χ0v) is 17.1. The number of ether oxygens (including phenoxy) is 1. The standard InChI is InChI=1S/C18H17F9N4O3/c19-16(20,21)11-10(8-28-9-29-11)12(32)31-5-1-2-15(31)3-6-30(7-4-15)14(33)34-13(17(22,23)24)18(25,26)27/h8-9,13H,1-7H2. The highest BCUT2D eigenvalue weighted by Crippen LogP contribution is 2.41. The summed E-state index contributed by atoms with van der Waals surface area (Å²) in [5.74, 6) is -1.00. The summed E-state index contributed by atoms with van der Waals surface area (Å²) in [5, 5.41) is 0. The smallest absolute Gasteiger partial charge is 0.426 e. The highest BCUT2D eigenvalue weighted by Gasteiger charge is 2.60. The molecule has 0 saturated carbocycles. The third kappa shape index (κ3) is 5.14. The lowest BCUT2D eigenvalue weighted by atomic mass is 9.84. The molecule has 2 saturated heterocycles. The molecule has 0 aliphatic carbocycles. The van der Waals surface area contributed by atoms with E-state index in [9.17, 15) is 49.1 Å². The Kier molecular flexibility index (Phi) is 6.65. The Balaban J connectivity index is 1.73. The molecule has 0 atom stereocenters. The van der Waals surface area contributed by atoms with E-state index >= 15 is 0 Å². The molecule has 7 nitrogen and oxygen atoms in total. The van der Waals surface area contributed by atoms with Gasteiger partial charge in [-0.3, -0.25) is 4.79 Å². The zero-order chi connectivity index (χ0) is 25.5. The molecule has 0 unspecified atom stereocenters. The first-order valence-corrected chi connectivity index (χ1v) is 9.84. The second-order valence-corrected chi connectivity index (χ2v) is 7.90. The molecule has 1 aromatic heterocycles. The number of hydrogen-bond donors (Lipinski definition) is 0. The third-order valence-corrected chi connectivity index (χ3v) is 5.82. The van der Waals surface area contributed by atoms with Gasteiger partial charge in [-0.2, -0.15) is 39.5 Å². The van der Waals surface area contributed by atoms with Crippen LogP contribution in [0, 0.1) is 0 Å². The molecular weight excluding hydrogens is 491 g/mol. The number of alkyl halides is 9. The Hall–Kier alpha value is -2.81. The molecule has 0 bridgehead atoms. The van der Waals surface area contributed by atoms with Crippen molar-refractivity contribution in [2.75, 3.05) is 19.6 Å². The van der Waals surface area contributed by atoms with Crippen LogP contribution in [-0.2, 0) is 10.9 Å². The Morgan fingerprint density at radius 3 is 2.06 bits per heavy atom. The van der Waals surface area contributed by atoms with Crippen LogP contribution in [-0.4, -0.2) is 75.4 Å². The number of piperidine rings is 1.